The van der Waals surface area contributed by atoms with Gasteiger partial charge in [-0.15, -0.1) is 0 Å². The molecule has 0 atom stereocenters. The van der Waals surface area contributed by atoms with Crippen LogP contribution in [0.5, 0.6) is 0 Å². The predicted octanol–water partition coefficient (Wildman–Crippen LogP) is 1.74. The number of nitro benzene ring substituents is 2. The molecule has 0 radical (unpaired) electrons. The summed E-state index contributed by atoms with van der Waals surface area (Å²) in [6, 6.07) is 1.88. The third kappa shape index (κ3) is 4.12. The van der Waals surface area contributed by atoms with Crippen LogP contribution in [0.2, 0.25) is 0 Å². The third-order valence-corrected chi connectivity index (χ3v) is 2.74. The average molecular weight is 313 g/mol. The van der Waals surface area contributed by atoms with E-state index in [1.54, 1.807) is 0 Å². The number of nitrogens with one attached hydrogen (secondary N) is 1. The quantitative estimate of drug-likeness (QED) is 0.332. The van der Waals surface area contributed by atoms with Gasteiger partial charge in [0.25, 0.3) is 11.4 Å². The molecule has 0 bridgehead atoms. The maximum absolute atomic E-state index is 11.5. The van der Waals surface area contributed by atoms with Crippen LogP contribution < -0.4 is 5.32 Å². The molecule has 120 valence electrons. The molecule has 1 rings (SSSR count). The molecule has 0 fully saturated rings. The molecule has 1 N–H and O–H groups in total. The van der Waals surface area contributed by atoms with Crippen LogP contribution in [0, 0.1) is 20.2 Å². The van der Waals surface area contributed by atoms with E-state index in [0.29, 0.717) is 13.0 Å². The highest BCUT2D eigenvalue weighted by Crippen LogP contribution is 2.35. The second-order valence-electron chi connectivity index (χ2n) is 4.17. The van der Waals surface area contributed by atoms with Crippen molar-refractivity contribution in [1.29, 1.82) is 0 Å². The number of carbonyl (C=O) groups is 1. The molecule has 0 heterocycles. The van der Waals surface area contributed by atoms with E-state index in [-0.39, 0.29) is 17.8 Å². The smallest absolute Gasteiger partial charge is 0.338 e. The van der Waals surface area contributed by atoms with Crippen molar-refractivity contribution in [3.63, 3.8) is 0 Å². The standard InChI is InChI=1S/C12H15N3O7/c1-21-5-3-4-13-11-9(14(17)18)6-8(12(16)22-2)7-10(11)15(19)20/h6-7,13H,3-5H2,1-2H3. The molecule has 0 aliphatic carbocycles. The number of methoxy groups -OCH3 is 2. The summed E-state index contributed by atoms with van der Waals surface area (Å²) in [4.78, 5) is 32.1. The lowest BCUT2D eigenvalue weighted by Crippen LogP contribution is -2.11. The fourth-order valence-electron chi connectivity index (χ4n) is 1.75. The minimum Gasteiger partial charge on any atom is -0.465 e. The van der Waals surface area contributed by atoms with E-state index in [2.05, 4.69) is 10.1 Å². The Labute approximate surface area is 125 Å². The third-order valence-electron chi connectivity index (χ3n) is 2.74. The fourth-order valence-corrected chi connectivity index (χ4v) is 1.75. The molecule has 0 unspecified atom stereocenters. The summed E-state index contributed by atoms with van der Waals surface area (Å²) < 4.78 is 9.27. The first-order valence-electron chi connectivity index (χ1n) is 6.20. The van der Waals surface area contributed by atoms with Gasteiger partial charge in [-0.25, -0.2) is 4.79 Å². The maximum Gasteiger partial charge on any atom is 0.338 e. The number of benzene rings is 1. The van der Waals surface area contributed by atoms with Crippen molar-refractivity contribution in [3.05, 3.63) is 37.9 Å². The second-order valence-corrected chi connectivity index (χ2v) is 4.17. The van der Waals surface area contributed by atoms with Gasteiger partial charge in [0.1, 0.15) is 0 Å². The molecule has 1 aromatic rings. The summed E-state index contributed by atoms with van der Waals surface area (Å²) in [7, 11) is 2.58. The summed E-state index contributed by atoms with van der Waals surface area (Å²) in [6.07, 6.45) is 0.504. The van der Waals surface area contributed by atoms with E-state index in [0.717, 1.165) is 19.2 Å². The molecule has 1 aromatic carbocycles. The first kappa shape index (κ1) is 17.3. The zero-order valence-electron chi connectivity index (χ0n) is 12.0. The highest BCUT2D eigenvalue weighted by molar-refractivity contribution is 5.93. The number of hydrogen-bond acceptors (Lipinski definition) is 8. The van der Waals surface area contributed by atoms with Crippen LogP contribution in [0.4, 0.5) is 17.1 Å². The average Bonchev–Trinajstić information content (AvgIpc) is 2.49. The second kappa shape index (κ2) is 7.88. The molecule has 10 nitrogen and oxygen atoms in total. The molecular weight excluding hydrogens is 298 g/mol. The molecule has 0 saturated carbocycles. The highest BCUT2D eigenvalue weighted by Gasteiger charge is 2.28. The van der Waals surface area contributed by atoms with Crippen LogP contribution in [-0.4, -0.2) is 43.2 Å². The first-order chi connectivity index (χ1) is 10.4. The van der Waals surface area contributed by atoms with Crippen LogP contribution in [-0.2, 0) is 9.47 Å². The monoisotopic (exact) mass is 313 g/mol. The van der Waals surface area contributed by atoms with Gasteiger partial charge >= 0.3 is 5.97 Å². The zero-order chi connectivity index (χ0) is 16.7. The Kier molecular flexibility index (Phi) is 6.20. The highest BCUT2D eigenvalue weighted by atomic mass is 16.6. The molecule has 0 aliphatic rings. The molecule has 10 heteroatoms. The van der Waals surface area contributed by atoms with Crippen LogP contribution in [0.1, 0.15) is 16.8 Å². The minimum absolute atomic E-state index is 0.243. The van der Waals surface area contributed by atoms with Gasteiger partial charge in [-0.2, -0.15) is 0 Å². The number of esters is 1. The minimum atomic E-state index is -0.892. The Morgan fingerprint density at radius 1 is 1.18 bits per heavy atom. The van der Waals surface area contributed by atoms with Crippen LogP contribution in [0.15, 0.2) is 12.1 Å². The fraction of sp³-hybridized carbons (Fsp3) is 0.417. The first-order valence-corrected chi connectivity index (χ1v) is 6.20. The number of anilines is 1. The maximum atomic E-state index is 11.5. The molecule has 0 amide bonds. The lowest BCUT2D eigenvalue weighted by molar-refractivity contribution is -0.392. The predicted molar refractivity (Wildman–Crippen MR) is 76.1 cm³/mol. The molecule has 0 spiro atoms. The van der Waals surface area contributed by atoms with Crippen LogP contribution >= 0.6 is 0 Å². The van der Waals surface area contributed by atoms with E-state index in [1.165, 1.54) is 7.11 Å². The Bertz CT molecular complexity index is 553. The van der Waals surface area contributed by atoms with Crippen molar-refractivity contribution in [3.8, 4) is 0 Å². The number of carbonyl (C=O) groups excluding carboxylic acids is 1. The summed E-state index contributed by atoms with van der Waals surface area (Å²) >= 11 is 0. The van der Waals surface area contributed by atoms with Crippen LogP contribution in [0.25, 0.3) is 0 Å². The molecule has 22 heavy (non-hydrogen) atoms. The van der Waals surface area contributed by atoms with E-state index >= 15 is 0 Å². The van der Waals surface area contributed by atoms with E-state index in [9.17, 15) is 25.0 Å². The number of rotatable bonds is 8. The molecule has 0 saturated heterocycles. The Hall–Kier alpha value is -2.75. The molecule has 0 aromatic heterocycles. The van der Waals surface area contributed by atoms with Crippen molar-refractivity contribution in [2.24, 2.45) is 0 Å². The van der Waals surface area contributed by atoms with Gasteiger partial charge in [-0.1, -0.05) is 0 Å². The lowest BCUT2D eigenvalue weighted by Gasteiger charge is -2.09. The lowest BCUT2D eigenvalue weighted by atomic mass is 10.1. The number of ether oxygens (including phenoxy) is 2. The number of hydrogen-bond donors (Lipinski definition) is 1. The van der Waals surface area contributed by atoms with Gasteiger partial charge in [0, 0.05) is 32.4 Å². The van der Waals surface area contributed by atoms with Gasteiger partial charge < -0.3 is 14.8 Å². The largest absolute Gasteiger partial charge is 0.465 e. The Balaban J connectivity index is 3.28. The summed E-state index contributed by atoms with van der Waals surface area (Å²) in [5.74, 6) is -0.892. The summed E-state index contributed by atoms with van der Waals surface area (Å²) in [6.45, 7) is 0.641. The van der Waals surface area contributed by atoms with Gasteiger partial charge in [-0.05, 0) is 6.42 Å². The summed E-state index contributed by atoms with van der Waals surface area (Å²) in [5, 5.41) is 24.9. The SMILES string of the molecule is COCCCNc1c([N+](=O)[O-])cc(C(=O)OC)cc1[N+](=O)[O-]. The Morgan fingerprint density at radius 2 is 1.73 bits per heavy atom. The van der Waals surface area contributed by atoms with Crippen molar-refractivity contribution in [1.82, 2.24) is 0 Å². The van der Waals surface area contributed by atoms with E-state index in [4.69, 9.17) is 4.74 Å². The van der Waals surface area contributed by atoms with Crippen molar-refractivity contribution in [2.45, 2.75) is 6.42 Å². The van der Waals surface area contributed by atoms with Gasteiger partial charge in [0.2, 0.25) is 0 Å². The van der Waals surface area contributed by atoms with Gasteiger partial charge in [0.15, 0.2) is 5.69 Å². The molecule has 0 aliphatic heterocycles. The summed E-state index contributed by atoms with van der Waals surface area (Å²) in [5.41, 5.74) is -1.64. The van der Waals surface area contributed by atoms with Crippen molar-refractivity contribution in [2.75, 3.05) is 32.7 Å². The number of nitrogens with zero attached hydrogens (tertiary/aromatic N) is 2. The van der Waals surface area contributed by atoms with Crippen molar-refractivity contribution >= 4 is 23.0 Å². The Morgan fingerprint density at radius 3 is 2.14 bits per heavy atom. The zero-order valence-corrected chi connectivity index (χ0v) is 12.0. The normalized spacial score (nSPS) is 10.1. The topological polar surface area (TPSA) is 134 Å². The van der Waals surface area contributed by atoms with Gasteiger partial charge in [-0.3, -0.25) is 20.2 Å². The van der Waals surface area contributed by atoms with Crippen molar-refractivity contribution < 1.29 is 24.1 Å². The number of nitro groups is 2. The molecular formula is C12H15N3O7. The van der Waals surface area contributed by atoms with Gasteiger partial charge in [0.05, 0.1) is 22.5 Å². The van der Waals surface area contributed by atoms with E-state index in [1.807, 2.05) is 0 Å². The van der Waals surface area contributed by atoms with E-state index < -0.39 is 27.2 Å². The van der Waals surface area contributed by atoms with Crippen LogP contribution in [0.3, 0.4) is 0 Å².